The molecule has 2 aliphatic rings. The zero-order valence-corrected chi connectivity index (χ0v) is 9.47. The van der Waals surface area contributed by atoms with Crippen LogP contribution < -0.4 is 5.48 Å². The number of allylic oxidation sites excluding steroid dienone is 1. The van der Waals surface area contributed by atoms with Crippen molar-refractivity contribution in [2.75, 3.05) is 0 Å². The number of hydrogen-bond acceptors (Lipinski definition) is 4. The zero-order valence-electron chi connectivity index (χ0n) is 9.47. The van der Waals surface area contributed by atoms with Crippen LogP contribution in [0.2, 0.25) is 0 Å². The predicted octanol–water partition coefficient (Wildman–Crippen LogP) is 0.978. The van der Waals surface area contributed by atoms with Crippen LogP contribution in [0.1, 0.15) is 26.7 Å². The summed E-state index contributed by atoms with van der Waals surface area (Å²) in [6.45, 7) is 3.82. The summed E-state index contributed by atoms with van der Waals surface area (Å²) in [5.74, 6) is -0.699. The smallest absolute Gasteiger partial charge is 0.267 e. The van der Waals surface area contributed by atoms with Crippen molar-refractivity contribution in [3.63, 3.8) is 0 Å². The number of carbonyl (C=O) groups excluding carboxylic acids is 1. The second-order valence-corrected chi connectivity index (χ2v) is 4.78. The molecule has 0 radical (unpaired) electrons. The van der Waals surface area contributed by atoms with Crippen molar-refractivity contribution in [3.05, 3.63) is 12.2 Å². The van der Waals surface area contributed by atoms with E-state index in [4.69, 9.17) is 14.7 Å². The minimum atomic E-state index is -0.501. The van der Waals surface area contributed by atoms with Gasteiger partial charge in [-0.1, -0.05) is 6.08 Å². The zero-order chi connectivity index (χ0) is 11.8. The van der Waals surface area contributed by atoms with Crippen molar-refractivity contribution in [2.45, 2.75) is 44.7 Å². The third kappa shape index (κ3) is 2.42. The number of hydroxylamine groups is 1. The Hall–Kier alpha value is -0.910. The van der Waals surface area contributed by atoms with Crippen molar-refractivity contribution < 1.29 is 19.5 Å². The van der Waals surface area contributed by atoms with Crippen LogP contribution in [0.25, 0.3) is 0 Å². The maximum Gasteiger partial charge on any atom is 0.267 e. The molecule has 90 valence electrons. The van der Waals surface area contributed by atoms with E-state index in [9.17, 15) is 4.79 Å². The van der Waals surface area contributed by atoms with Gasteiger partial charge in [0.15, 0.2) is 5.79 Å². The molecule has 0 aromatic rings. The van der Waals surface area contributed by atoms with E-state index in [-0.39, 0.29) is 18.1 Å². The number of fused-ring (bicyclic) bond motifs is 1. The molecule has 2 N–H and O–H groups in total. The largest absolute Gasteiger partial charge is 0.345 e. The van der Waals surface area contributed by atoms with Gasteiger partial charge in [0, 0.05) is 6.08 Å². The van der Waals surface area contributed by atoms with Crippen LogP contribution in [0, 0.1) is 5.92 Å². The predicted molar refractivity (Wildman–Crippen MR) is 55.6 cm³/mol. The van der Waals surface area contributed by atoms with Gasteiger partial charge in [-0.25, -0.2) is 5.48 Å². The quantitative estimate of drug-likeness (QED) is 0.419. The molecule has 0 aromatic heterocycles. The first-order valence-electron chi connectivity index (χ1n) is 5.48. The fraction of sp³-hybridized carbons (Fsp3) is 0.727. The molecule has 1 aliphatic heterocycles. The summed E-state index contributed by atoms with van der Waals surface area (Å²) in [5, 5.41) is 8.34. The van der Waals surface area contributed by atoms with E-state index in [1.807, 2.05) is 13.8 Å². The van der Waals surface area contributed by atoms with E-state index < -0.39 is 11.7 Å². The van der Waals surface area contributed by atoms with Gasteiger partial charge in [-0.2, -0.15) is 0 Å². The maximum absolute atomic E-state index is 10.8. The van der Waals surface area contributed by atoms with E-state index in [1.165, 1.54) is 6.08 Å². The molecule has 0 aromatic carbocycles. The molecule has 1 aliphatic carbocycles. The van der Waals surface area contributed by atoms with E-state index >= 15 is 0 Å². The molecule has 1 saturated carbocycles. The fourth-order valence-corrected chi connectivity index (χ4v) is 2.42. The first-order valence-corrected chi connectivity index (χ1v) is 5.48. The molecule has 1 heterocycles. The number of nitrogens with one attached hydrogen (secondary N) is 1. The molecule has 1 amide bonds. The van der Waals surface area contributed by atoms with Gasteiger partial charge in [0.25, 0.3) is 5.91 Å². The van der Waals surface area contributed by atoms with Gasteiger partial charge < -0.3 is 9.47 Å². The Balaban J connectivity index is 1.87. The van der Waals surface area contributed by atoms with Crippen LogP contribution in [0.15, 0.2) is 12.2 Å². The summed E-state index contributed by atoms with van der Waals surface area (Å²) in [6, 6.07) is 0. The lowest BCUT2D eigenvalue weighted by molar-refractivity contribution is -0.152. The van der Waals surface area contributed by atoms with Crippen LogP contribution in [0.4, 0.5) is 0 Å². The molecule has 2 fully saturated rings. The average molecular weight is 227 g/mol. The Morgan fingerprint density at radius 1 is 1.38 bits per heavy atom. The Bertz CT molecular complexity index is 297. The maximum atomic E-state index is 10.8. The molecule has 5 nitrogen and oxygen atoms in total. The first kappa shape index (κ1) is 11.6. The number of rotatable bonds is 2. The Morgan fingerprint density at radius 2 is 1.94 bits per heavy atom. The molecule has 16 heavy (non-hydrogen) atoms. The van der Waals surface area contributed by atoms with Crippen LogP contribution in [0.3, 0.4) is 0 Å². The van der Waals surface area contributed by atoms with Crippen molar-refractivity contribution in [2.24, 2.45) is 5.92 Å². The Morgan fingerprint density at radius 3 is 2.44 bits per heavy atom. The lowest BCUT2D eigenvalue weighted by atomic mass is 10.1. The second kappa shape index (κ2) is 4.16. The molecule has 5 heteroatoms. The minimum absolute atomic E-state index is 0.127. The van der Waals surface area contributed by atoms with Crippen molar-refractivity contribution >= 4 is 5.91 Å². The average Bonchev–Trinajstić information content (AvgIpc) is 2.67. The van der Waals surface area contributed by atoms with E-state index in [1.54, 1.807) is 11.6 Å². The van der Waals surface area contributed by atoms with E-state index in [2.05, 4.69) is 0 Å². The monoisotopic (exact) mass is 227 g/mol. The van der Waals surface area contributed by atoms with Crippen LogP contribution in [-0.4, -0.2) is 29.1 Å². The fourth-order valence-electron chi connectivity index (χ4n) is 2.42. The molecule has 0 bridgehead atoms. The highest BCUT2D eigenvalue weighted by Crippen LogP contribution is 2.41. The third-order valence-electron chi connectivity index (χ3n) is 2.99. The molecular formula is C11H17NO4. The highest BCUT2D eigenvalue weighted by atomic mass is 16.8. The normalized spacial score (nSPS) is 36.6. The second-order valence-electron chi connectivity index (χ2n) is 4.78. The van der Waals surface area contributed by atoms with Crippen LogP contribution in [0.5, 0.6) is 0 Å². The van der Waals surface area contributed by atoms with Gasteiger partial charge in [-0.15, -0.1) is 0 Å². The number of amides is 1. The molecule has 1 unspecified atom stereocenters. The summed E-state index contributed by atoms with van der Waals surface area (Å²) in [5.41, 5.74) is 1.56. The summed E-state index contributed by atoms with van der Waals surface area (Å²) < 4.78 is 11.5. The van der Waals surface area contributed by atoms with Crippen LogP contribution in [-0.2, 0) is 14.3 Å². The summed E-state index contributed by atoms with van der Waals surface area (Å²) in [7, 11) is 0. The lowest BCUT2D eigenvalue weighted by Gasteiger charge is -2.19. The van der Waals surface area contributed by atoms with Crippen molar-refractivity contribution in [1.82, 2.24) is 5.48 Å². The molecule has 3 atom stereocenters. The van der Waals surface area contributed by atoms with Crippen molar-refractivity contribution in [3.8, 4) is 0 Å². The Kier molecular flexibility index (Phi) is 3.01. The van der Waals surface area contributed by atoms with Gasteiger partial charge in [0.05, 0.1) is 12.2 Å². The SMILES string of the molecule is CC1(C)O[C@H]2CC(/C=C/C(=O)NO)C[C@H]2O1. The number of hydrogen-bond donors (Lipinski definition) is 2. The standard InChI is InChI=1S/C11H17NO4/c1-11(2)15-8-5-7(6-9(8)16-11)3-4-10(13)12-14/h3-4,7-9,14H,5-6H2,1-2H3,(H,12,13)/b4-3+/t7?,8-,9+. The van der Waals surface area contributed by atoms with Crippen molar-refractivity contribution in [1.29, 1.82) is 0 Å². The van der Waals surface area contributed by atoms with Crippen LogP contribution >= 0.6 is 0 Å². The molecule has 0 spiro atoms. The number of carbonyl (C=O) groups is 1. The molecule has 2 rings (SSSR count). The topological polar surface area (TPSA) is 67.8 Å². The van der Waals surface area contributed by atoms with E-state index in [0.29, 0.717) is 0 Å². The highest BCUT2D eigenvalue weighted by molar-refractivity contribution is 5.86. The molecular weight excluding hydrogens is 210 g/mol. The first-order chi connectivity index (χ1) is 7.50. The third-order valence-corrected chi connectivity index (χ3v) is 2.99. The van der Waals surface area contributed by atoms with E-state index in [0.717, 1.165) is 12.8 Å². The van der Waals surface area contributed by atoms with Gasteiger partial charge in [0.2, 0.25) is 0 Å². The van der Waals surface area contributed by atoms with Gasteiger partial charge in [0.1, 0.15) is 0 Å². The summed E-state index contributed by atoms with van der Waals surface area (Å²) >= 11 is 0. The number of ether oxygens (including phenoxy) is 2. The highest BCUT2D eigenvalue weighted by Gasteiger charge is 2.46. The van der Waals surface area contributed by atoms with Gasteiger partial charge in [-0.3, -0.25) is 10.0 Å². The Labute approximate surface area is 94.4 Å². The lowest BCUT2D eigenvalue weighted by Crippen LogP contribution is -2.22. The summed E-state index contributed by atoms with van der Waals surface area (Å²) in [4.78, 5) is 10.8. The minimum Gasteiger partial charge on any atom is -0.345 e. The summed E-state index contributed by atoms with van der Waals surface area (Å²) in [6.07, 6.45) is 5.12. The van der Waals surface area contributed by atoms with Gasteiger partial charge >= 0.3 is 0 Å². The molecule has 1 saturated heterocycles. The van der Waals surface area contributed by atoms with Gasteiger partial charge in [-0.05, 0) is 32.6 Å².